The van der Waals surface area contributed by atoms with Gasteiger partial charge >= 0.3 is 12.4 Å². The Morgan fingerprint density at radius 2 is 1.80 bits per heavy atom. The molecule has 268 valence electrons. The van der Waals surface area contributed by atoms with E-state index in [1.54, 1.807) is 14.2 Å². The lowest BCUT2D eigenvalue weighted by molar-refractivity contribution is -0.138. The molecule has 0 radical (unpaired) electrons. The van der Waals surface area contributed by atoms with Crippen LogP contribution in [0, 0.1) is 11.3 Å². The van der Waals surface area contributed by atoms with Crippen LogP contribution < -0.4 is 10.2 Å². The average molecular weight is 713 g/mol. The fraction of sp³-hybridized carbons (Fsp3) is 0.400. The number of carbonyl (C=O) groups is 1. The SMILES string of the molecule is COC1CC(N(C)Cc2cc3c(c(C(F)(F)F)c2)CN(c2cc(-c4cc(C(F)(F)F)ccc4-c4nncn4C)cc(NCCCC#N)n2)C3=O)C1. The van der Waals surface area contributed by atoms with E-state index in [2.05, 4.69) is 20.5 Å². The maximum atomic E-state index is 14.5. The Bertz CT molecular complexity index is 1980. The minimum absolute atomic E-state index is 0.0651. The molecule has 1 aliphatic carbocycles. The fourth-order valence-corrected chi connectivity index (χ4v) is 6.47. The number of carbonyl (C=O) groups excluding carboxylic acids is 1. The summed E-state index contributed by atoms with van der Waals surface area (Å²) in [5, 5.41) is 20.0. The van der Waals surface area contributed by atoms with Crippen molar-refractivity contribution in [3.63, 3.8) is 0 Å². The Labute approximate surface area is 289 Å². The maximum absolute atomic E-state index is 14.5. The van der Waals surface area contributed by atoms with E-state index in [-0.39, 0.29) is 71.4 Å². The normalized spacial score (nSPS) is 17.4. The number of aryl methyl sites for hydroxylation is 1. The molecule has 4 aromatic rings. The number of alkyl halides is 6. The molecule has 2 aromatic heterocycles. The van der Waals surface area contributed by atoms with Crippen molar-refractivity contribution in [1.82, 2.24) is 24.6 Å². The van der Waals surface area contributed by atoms with E-state index >= 15 is 0 Å². The molecule has 0 unspecified atom stereocenters. The molecule has 0 bridgehead atoms. The van der Waals surface area contributed by atoms with Crippen LogP contribution in [0.3, 0.4) is 0 Å². The van der Waals surface area contributed by atoms with Gasteiger partial charge in [-0.3, -0.25) is 14.6 Å². The third-order valence-electron chi connectivity index (χ3n) is 9.34. The Morgan fingerprint density at radius 1 is 1.04 bits per heavy atom. The van der Waals surface area contributed by atoms with E-state index in [0.29, 0.717) is 17.5 Å². The van der Waals surface area contributed by atoms with Gasteiger partial charge in [-0.15, -0.1) is 10.2 Å². The van der Waals surface area contributed by atoms with Gasteiger partial charge in [-0.2, -0.15) is 31.6 Å². The summed E-state index contributed by atoms with van der Waals surface area (Å²) in [6.45, 7) is -0.0203. The van der Waals surface area contributed by atoms with E-state index in [1.807, 2.05) is 18.0 Å². The number of aromatic nitrogens is 4. The number of fused-ring (bicyclic) bond motifs is 1. The number of rotatable bonds is 11. The molecule has 1 saturated carbocycles. The van der Waals surface area contributed by atoms with Crippen LogP contribution in [0.4, 0.5) is 38.0 Å². The molecule has 1 fully saturated rings. The van der Waals surface area contributed by atoms with E-state index in [4.69, 9.17) is 10.00 Å². The highest BCUT2D eigenvalue weighted by molar-refractivity contribution is 6.10. The maximum Gasteiger partial charge on any atom is 0.416 e. The third-order valence-corrected chi connectivity index (χ3v) is 9.34. The number of amides is 1. The van der Waals surface area contributed by atoms with Crippen molar-refractivity contribution in [1.29, 1.82) is 5.26 Å². The first-order chi connectivity index (χ1) is 24.2. The number of hydrogen-bond acceptors (Lipinski definition) is 8. The number of nitrogens with zero attached hydrogens (tertiary/aromatic N) is 7. The highest BCUT2D eigenvalue weighted by Gasteiger charge is 2.42. The monoisotopic (exact) mass is 712 g/mol. The number of nitriles is 1. The quantitative estimate of drug-likeness (QED) is 0.130. The summed E-state index contributed by atoms with van der Waals surface area (Å²) in [5.41, 5.74) is -1.31. The summed E-state index contributed by atoms with van der Waals surface area (Å²) >= 11 is 0. The van der Waals surface area contributed by atoms with Crippen molar-refractivity contribution >= 4 is 17.5 Å². The highest BCUT2D eigenvalue weighted by atomic mass is 19.4. The first-order valence-electron chi connectivity index (χ1n) is 16.1. The van der Waals surface area contributed by atoms with Crippen LogP contribution in [0.25, 0.3) is 22.5 Å². The van der Waals surface area contributed by atoms with Gasteiger partial charge in [-0.1, -0.05) is 0 Å². The number of benzene rings is 2. The van der Waals surface area contributed by atoms with Crippen LogP contribution >= 0.6 is 0 Å². The van der Waals surface area contributed by atoms with Crippen LogP contribution in [0.1, 0.15) is 58.3 Å². The topological polar surface area (TPSA) is 112 Å². The lowest BCUT2D eigenvalue weighted by atomic mass is 9.87. The molecule has 1 aliphatic heterocycles. The van der Waals surface area contributed by atoms with Gasteiger partial charge in [0.25, 0.3) is 5.91 Å². The second-order valence-electron chi connectivity index (χ2n) is 12.8. The zero-order valence-corrected chi connectivity index (χ0v) is 27.9. The fourth-order valence-electron chi connectivity index (χ4n) is 6.47. The summed E-state index contributed by atoms with van der Waals surface area (Å²) in [7, 11) is 5.06. The molecular formula is C35H34F6N8O2. The van der Waals surface area contributed by atoms with Crippen molar-refractivity contribution in [2.75, 3.05) is 30.9 Å². The molecule has 3 heterocycles. The Kier molecular flexibility index (Phi) is 9.80. The number of unbranched alkanes of at least 4 members (excludes halogenated alkanes) is 1. The van der Waals surface area contributed by atoms with Crippen LogP contribution in [-0.2, 0) is 37.2 Å². The number of hydrogen-bond donors (Lipinski definition) is 1. The van der Waals surface area contributed by atoms with Gasteiger partial charge in [0.2, 0.25) is 0 Å². The zero-order valence-electron chi connectivity index (χ0n) is 27.9. The Balaban J connectivity index is 1.43. The standard InChI is InChI=1S/C35H34F6N8O2/c1-47(23-15-24(16-23)51-3)17-20-10-27-28(29(11-20)35(39,40)41)18-49(33(27)50)31-13-21(12-30(45-31)43-9-5-4-8-42)26-14-22(34(36,37)38)6-7-25(26)32-46-44-19-48(32)2/h6-7,10-14,19,23-24H,4-5,9,15-18H2,1-3H3,(H,43,45). The predicted molar refractivity (Wildman–Crippen MR) is 175 cm³/mol. The molecule has 51 heavy (non-hydrogen) atoms. The number of anilines is 2. The molecule has 2 aliphatic rings. The first-order valence-corrected chi connectivity index (χ1v) is 16.1. The number of methoxy groups -OCH3 is 1. The summed E-state index contributed by atoms with van der Waals surface area (Å²) in [4.78, 5) is 21.6. The van der Waals surface area contributed by atoms with Crippen molar-refractivity contribution in [2.24, 2.45) is 7.05 Å². The Morgan fingerprint density at radius 3 is 2.45 bits per heavy atom. The molecule has 1 amide bonds. The van der Waals surface area contributed by atoms with E-state index in [1.165, 1.54) is 35.2 Å². The number of nitrogens with one attached hydrogen (secondary N) is 1. The van der Waals surface area contributed by atoms with Gasteiger partial charge in [0, 0.05) is 50.8 Å². The van der Waals surface area contributed by atoms with Gasteiger partial charge in [0.15, 0.2) is 5.82 Å². The number of ether oxygens (including phenoxy) is 1. The summed E-state index contributed by atoms with van der Waals surface area (Å²) in [5.74, 6) is -0.374. The van der Waals surface area contributed by atoms with Crippen LogP contribution in [0.15, 0.2) is 48.8 Å². The van der Waals surface area contributed by atoms with Gasteiger partial charge in [-0.25, -0.2) is 4.98 Å². The summed E-state index contributed by atoms with van der Waals surface area (Å²) < 4.78 is 92.4. The van der Waals surface area contributed by atoms with E-state index < -0.39 is 35.9 Å². The van der Waals surface area contributed by atoms with Crippen molar-refractivity contribution in [2.45, 2.75) is 63.3 Å². The molecule has 6 rings (SSSR count). The minimum Gasteiger partial charge on any atom is -0.381 e. The average Bonchev–Trinajstić information content (AvgIpc) is 3.63. The van der Waals surface area contributed by atoms with Crippen LogP contribution in [0.5, 0.6) is 0 Å². The summed E-state index contributed by atoms with van der Waals surface area (Å²) in [6, 6.07) is 10.7. The van der Waals surface area contributed by atoms with Crippen molar-refractivity contribution < 1.29 is 35.9 Å². The first kappa shape index (κ1) is 35.8. The largest absolute Gasteiger partial charge is 0.416 e. The molecule has 0 saturated heterocycles. The number of halogens is 6. The van der Waals surface area contributed by atoms with Gasteiger partial charge < -0.3 is 14.6 Å². The molecule has 2 aromatic carbocycles. The van der Waals surface area contributed by atoms with Gasteiger partial charge in [0.05, 0.1) is 29.8 Å². The highest BCUT2D eigenvalue weighted by Crippen LogP contribution is 2.42. The van der Waals surface area contributed by atoms with Crippen molar-refractivity contribution in [3.05, 3.63) is 76.6 Å². The second kappa shape index (κ2) is 14.0. The lowest BCUT2D eigenvalue weighted by Crippen LogP contribution is -2.45. The minimum atomic E-state index is -4.77. The van der Waals surface area contributed by atoms with Crippen LogP contribution in [-0.4, -0.2) is 63.4 Å². The molecule has 0 spiro atoms. The molecule has 16 heteroatoms. The second-order valence-corrected chi connectivity index (χ2v) is 12.8. The molecule has 0 atom stereocenters. The molecular weight excluding hydrogens is 678 g/mol. The third kappa shape index (κ3) is 7.40. The molecule has 1 N–H and O–H groups in total. The van der Waals surface area contributed by atoms with E-state index in [9.17, 15) is 31.1 Å². The van der Waals surface area contributed by atoms with Crippen molar-refractivity contribution in [3.8, 4) is 28.6 Å². The van der Waals surface area contributed by atoms with Gasteiger partial charge in [-0.05, 0) is 91.0 Å². The van der Waals surface area contributed by atoms with E-state index in [0.717, 1.165) is 35.9 Å². The number of pyridine rings is 1. The summed E-state index contributed by atoms with van der Waals surface area (Å²) in [6.07, 6.45) is -5.85. The Hall–Kier alpha value is -5.01. The predicted octanol–water partition coefficient (Wildman–Crippen LogP) is 7.07. The van der Waals surface area contributed by atoms with Crippen LogP contribution in [0.2, 0.25) is 0 Å². The zero-order chi connectivity index (χ0) is 36.7. The smallest absolute Gasteiger partial charge is 0.381 e. The lowest BCUT2D eigenvalue weighted by Gasteiger charge is -2.40. The molecule has 10 nitrogen and oxygen atoms in total. The van der Waals surface area contributed by atoms with Gasteiger partial charge in [0.1, 0.15) is 18.0 Å².